The number of aromatic nitrogens is 4. The molecule has 0 aromatic carbocycles. The molecule has 0 fully saturated rings. The average molecular weight is 292 g/mol. The van der Waals surface area contributed by atoms with Crippen LogP contribution in [0.4, 0.5) is 11.5 Å². The predicted molar refractivity (Wildman–Crippen MR) is 81.4 cm³/mol. The predicted octanol–water partition coefficient (Wildman–Crippen LogP) is -0.152. The van der Waals surface area contributed by atoms with Gasteiger partial charge in [-0.25, -0.2) is 9.78 Å². The summed E-state index contributed by atoms with van der Waals surface area (Å²) < 4.78 is 4.38. The van der Waals surface area contributed by atoms with Crippen molar-refractivity contribution in [3.8, 4) is 0 Å². The van der Waals surface area contributed by atoms with Crippen LogP contribution in [0, 0.1) is 0 Å². The van der Waals surface area contributed by atoms with Crippen molar-refractivity contribution >= 4 is 11.5 Å². The van der Waals surface area contributed by atoms with Gasteiger partial charge in [0.05, 0.1) is 6.33 Å². The van der Waals surface area contributed by atoms with Gasteiger partial charge in [0.2, 0.25) is 0 Å². The van der Waals surface area contributed by atoms with Crippen LogP contribution in [0.15, 0.2) is 28.3 Å². The Morgan fingerprint density at radius 2 is 2.10 bits per heavy atom. The second kappa shape index (κ2) is 6.29. The summed E-state index contributed by atoms with van der Waals surface area (Å²) >= 11 is 0. The van der Waals surface area contributed by atoms with Gasteiger partial charge >= 0.3 is 5.69 Å². The van der Waals surface area contributed by atoms with Crippen LogP contribution in [-0.4, -0.2) is 25.2 Å². The van der Waals surface area contributed by atoms with Gasteiger partial charge in [-0.15, -0.1) is 0 Å². The summed E-state index contributed by atoms with van der Waals surface area (Å²) in [7, 11) is 1.46. The van der Waals surface area contributed by atoms with E-state index in [1.54, 1.807) is 12.5 Å². The Bertz CT molecular complexity index is 713. The highest BCUT2D eigenvalue weighted by Crippen LogP contribution is 2.10. The molecule has 0 bridgehead atoms. The first-order valence-corrected chi connectivity index (χ1v) is 6.85. The van der Waals surface area contributed by atoms with Crippen LogP contribution < -0.4 is 22.3 Å². The highest BCUT2D eigenvalue weighted by molar-refractivity contribution is 5.60. The van der Waals surface area contributed by atoms with E-state index in [4.69, 9.17) is 5.73 Å². The molecular weight excluding hydrogens is 272 g/mol. The summed E-state index contributed by atoms with van der Waals surface area (Å²) in [5.74, 6) is 0.190. The molecule has 0 aliphatic rings. The van der Waals surface area contributed by atoms with Crippen LogP contribution in [0.3, 0.4) is 0 Å². The number of nitrogens with two attached hydrogens (primary N) is 1. The molecule has 2 aromatic heterocycles. The minimum absolute atomic E-state index is 0.190. The molecule has 114 valence electrons. The fourth-order valence-corrected chi connectivity index (χ4v) is 2.12. The molecule has 0 amide bonds. The number of nitrogens with zero attached hydrogens (tertiary/aromatic N) is 4. The van der Waals surface area contributed by atoms with Crippen molar-refractivity contribution in [3.63, 3.8) is 0 Å². The lowest BCUT2D eigenvalue weighted by atomic mass is 10.4. The molecule has 0 unspecified atom stereocenters. The zero-order chi connectivity index (χ0) is 15.4. The standard InChI is InChI=1S/C13H20N6O2/c1-3-6-19-11(14)10(12(20)17(2)13(19)21)16-5-8-18-7-4-15-9-18/h4,7,9,16H,3,5-6,8,14H2,1-2H3. The Labute approximate surface area is 121 Å². The number of hydrogen-bond acceptors (Lipinski definition) is 5. The van der Waals surface area contributed by atoms with Crippen LogP contribution in [0.25, 0.3) is 0 Å². The summed E-state index contributed by atoms with van der Waals surface area (Å²) in [6.45, 7) is 3.59. The summed E-state index contributed by atoms with van der Waals surface area (Å²) in [6.07, 6.45) is 5.98. The second-order valence-electron chi connectivity index (χ2n) is 4.79. The first-order valence-electron chi connectivity index (χ1n) is 6.85. The summed E-state index contributed by atoms with van der Waals surface area (Å²) in [5, 5.41) is 3.02. The van der Waals surface area contributed by atoms with Crippen LogP contribution in [-0.2, 0) is 20.1 Å². The van der Waals surface area contributed by atoms with Crippen molar-refractivity contribution in [3.05, 3.63) is 39.6 Å². The second-order valence-corrected chi connectivity index (χ2v) is 4.79. The molecule has 0 saturated heterocycles. The van der Waals surface area contributed by atoms with Gasteiger partial charge in [-0.2, -0.15) is 0 Å². The average Bonchev–Trinajstić information content (AvgIpc) is 2.98. The van der Waals surface area contributed by atoms with Gasteiger partial charge in [-0.1, -0.05) is 6.92 Å². The van der Waals surface area contributed by atoms with Gasteiger partial charge < -0.3 is 15.6 Å². The maximum absolute atomic E-state index is 12.1. The Balaban J connectivity index is 2.26. The van der Waals surface area contributed by atoms with Crippen molar-refractivity contribution in [2.24, 2.45) is 7.05 Å². The number of imidazole rings is 1. The Morgan fingerprint density at radius 3 is 2.71 bits per heavy atom. The molecule has 8 nitrogen and oxygen atoms in total. The first-order chi connectivity index (χ1) is 10.1. The van der Waals surface area contributed by atoms with Crippen LogP contribution >= 0.6 is 0 Å². The summed E-state index contributed by atoms with van der Waals surface area (Å²) in [4.78, 5) is 28.1. The molecule has 8 heteroatoms. The third-order valence-electron chi connectivity index (χ3n) is 3.26. The molecule has 3 N–H and O–H groups in total. The third kappa shape index (κ3) is 2.99. The lowest BCUT2D eigenvalue weighted by molar-refractivity contribution is 0.599. The van der Waals surface area contributed by atoms with Crippen molar-refractivity contribution in [2.75, 3.05) is 17.6 Å². The van der Waals surface area contributed by atoms with E-state index in [1.165, 1.54) is 11.6 Å². The monoisotopic (exact) mass is 292 g/mol. The molecule has 0 aliphatic heterocycles. The number of nitrogen functional groups attached to an aromatic ring is 1. The van der Waals surface area contributed by atoms with E-state index in [2.05, 4.69) is 10.3 Å². The number of nitrogens with one attached hydrogen (secondary N) is 1. The molecule has 0 aliphatic carbocycles. The molecule has 2 rings (SSSR count). The highest BCUT2D eigenvalue weighted by Gasteiger charge is 2.14. The number of rotatable bonds is 6. The number of hydrogen-bond donors (Lipinski definition) is 2. The zero-order valence-electron chi connectivity index (χ0n) is 12.2. The lowest BCUT2D eigenvalue weighted by Crippen LogP contribution is -2.41. The molecular formula is C13H20N6O2. The molecule has 0 spiro atoms. The normalized spacial score (nSPS) is 10.8. The molecule has 21 heavy (non-hydrogen) atoms. The van der Waals surface area contributed by atoms with E-state index in [-0.39, 0.29) is 17.2 Å². The Hall–Kier alpha value is -2.51. The van der Waals surface area contributed by atoms with E-state index < -0.39 is 5.56 Å². The molecule has 0 atom stereocenters. The summed E-state index contributed by atoms with van der Waals surface area (Å²) in [6, 6.07) is 0. The van der Waals surface area contributed by atoms with Crippen molar-refractivity contribution in [2.45, 2.75) is 26.4 Å². The molecule has 2 aromatic rings. The maximum atomic E-state index is 12.1. The van der Waals surface area contributed by atoms with Gasteiger partial charge in [0.1, 0.15) is 11.5 Å². The van der Waals surface area contributed by atoms with Crippen molar-refractivity contribution in [1.29, 1.82) is 0 Å². The molecule has 2 heterocycles. The third-order valence-corrected chi connectivity index (χ3v) is 3.26. The van der Waals surface area contributed by atoms with E-state index >= 15 is 0 Å². The fraction of sp³-hybridized carbons (Fsp3) is 0.462. The Morgan fingerprint density at radius 1 is 1.33 bits per heavy atom. The largest absolute Gasteiger partial charge is 0.383 e. The minimum atomic E-state index is -0.407. The van der Waals surface area contributed by atoms with E-state index in [0.717, 1.165) is 11.0 Å². The van der Waals surface area contributed by atoms with Crippen molar-refractivity contribution in [1.82, 2.24) is 18.7 Å². The molecule has 0 saturated carbocycles. The maximum Gasteiger partial charge on any atom is 0.332 e. The van der Waals surface area contributed by atoms with Gasteiger partial charge in [0.15, 0.2) is 0 Å². The minimum Gasteiger partial charge on any atom is -0.383 e. The lowest BCUT2D eigenvalue weighted by Gasteiger charge is -2.15. The van der Waals surface area contributed by atoms with E-state index in [0.29, 0.717) is 19.6 Å². The quantitative estimate of drug-likeness (QED) is 0.771. The SMILES string of the molecule is CCCn1c(N)c(NCCn2ccnc2)c(=O)n(C)c1=O. The topological polar surface area (TPSA) is 99.9 Å². The van der Waals surface area contributed by atoms with Crippen LogP contribution in [0.1, 0.15) is 13.3 Å². The van der Waals surface area contributed by atoms with E-state index in [9.17, 15) is 9.59 Å². The summed E-state index contributed by atoms with van der Waals surface area (Å²) in [5.41, 5.74) is 5.44. The van der Waals surface area contributed by atoms with Gasteiger partial charge in [0, 0.05) is 39.1 Å². The van der Waals surface area contributed by atoms with Crippen LogP contribution in [0.5, 0.6) is 0 Å². The molecule has 0 radical (unpaired) electrons. The van der Waals surface area contributed by atoms with Gasteiger partial charge in [0.25, 0.3) is 5.56 Å². The van der Waals surface area contributed by atoms with Crippen molar-refractivity contribution < 1.29 is 0 Å². The zero-order valence-corrected chi connectivity index (χ0v) is 12.2. The Kier molecular flexibility index (Phi) is 4.46. The smallest absolute Gasteiger partial charge is 0.332 e. The highest BCUT2D eigenvalue weighted by atomic mass is 16.2. The fourth-order valence-electron chi connectivity index (χ4n) is 2.12. The van der Waals surface area contributed by atoms with Crippen LogP contribution in [0.2, 0.25) is 0 Å². The first kappa shape index (κ1) is 14.9. The van der Waals surface area contributed by atoms with E-state index in [1.807, 2.05) is 17.7 Å². The van der Waals surface area contributed by atoms with Gasteiger partial charge in [-0.05, 0) is 6.42 Å². The van der Waals surface area contributed by atoms with Gasteiger partial charge in [-0.3, -0.25) is 13.9 Å². The number of anilines is 2.